The van der Waals surface area contributed by atoms with Gasteiger partial charge in [-0.2, -0.15) is 0 Å². The van der Waals surface area contributed by atoms with Gasteiger partial charge in [0.15, 0.2) is 0 Å². The summed E-state index contributed by atoms with van der Waals surface area (Å²) in [6, 6.07) is 33.1. The second-order valence-corrected chi connectivity index (χ2v) is 10.1. The fourth-order valence-corrected chi connectivity index (χ4v) is 5.15. The second kappa shape index (κ2) is 11.9. The monoisotopic (exact) mass is 468 g/mol. The highest BCUT2D eigenvalue weighted by Gasteiger charge is 2.01. The van der Waals surface area contributed by atoms with E-state index in [1.165, 1.54) is 95.7 Å². The Morgan fingerprint density at radius 2 is 0.944 bits per heavy atom. The van der Waals surface area contributed by atoms with Crippen LogP contribution in [0.4, 0.5) is 0 Å². The van der Waals surface area contributed by atoms with Crippen LogP contribution in [-0.2, 0) is 6.42 Å². The lowest BCUT2D eigenvalue weighted by Crippen LogP contribution is -1.87. The van der Waals surface area contributed by atoms with Crippen molar-refractivity contribution in [3.63, 3.8) is 0 Å². The van der Waals surface area contributed by atoms with Gasteiger partial charge in [0.1, 0.15) is 0 Å². The van der Waals surface area contributed by atoms with Gasteiger partial charge in [0.2, 0.25) is 0 Å². The Hall–Kier alpha value is -3.56. The summed E-state index contributed by atoms with van der Waals surface area (Å²) in [6.07, 6.45) is 12.2. The standard InChI is InChI=1S/C36H36/c1-2-3-4-5-6-7-8-9-12-28-17-20-34-24-29(18-21-33(34)23-28)15-16-30-19-22-35-26-31-13-10-11-14-32(31)27-36(35)25-30/h10-11,13-14,17-27H,2-9,12H2,1H3. The first-order valence-corrected chi connectivity index (χ1v) is 13.8. The van der Waals surface area contributed by atoms with Crippen molar-refractivity contribution in [2.24, 2.45) is 0 Å². The number of unbranched alkanes of at least 4 members (excludes halogenated alkanes) is 7. The maximum absolute atomic E-state index is 3.39. The molecule has 0 fully saturated rings. The molecule has 5 aromatic rings. The molecule has 0 heterocycles. The van der Waals surface area contributed by atoms with Gasteiger partial charge in [-0.1, -0.05) is 118 Å². The smallest absolute Gasteiger partial charge is 0.0255 e. The Labute approximate surface area is 216 Å². The van der Waals surface area contributed by atoms with Gasteiger partial charge in [0, 0.05) is 11.1 Å². The van der Waals surface area contributed by atoms with Crippen LogP contribution in [-0.4, -0.2) is 0 Å². The summed E-state index contributed by atoms with van der Waals surface area (Å²) < 4.78 is 0. The van der Waals surface area contributed by atoms with Crippen molar-refractivity contribution >= 4 is 32.3 Å². The van der Waals surface area contributed by atoms with E-state index in [1.807, 2.05) is 0 Å². The molecule has 0 aliphatic heterocycles. The normalized spacial score (nSPS) is 11.1. The van der Waals surface area contributed by atoms with Crippen molar-refractivity contribution in [3.8, 4) is 11.8 Å². The average molecular weight is 469 g/mol. The van der Waals surface area contributed by atoms with E-state index in [-0.39, 0.29) is 0 Å². The Kier molecular flexibility index (Phi) is 7.99. The van der Waals surface area contributed by atoms with E-state index < -0.39 is 0 Å². The van der Waals surface area contributed by atoms with E-state index in [0.29, 0.717) is 0 Å². The van der Waals surface area contributed by atoms with Gasteiger partial charge >= 0.3 is 0 Å². The fourth-order valence-electron chi connectivity index (χ4n) is 5.15. The molecule has 5 rings (SSSR count). The number of rotatable bonds is 9. The molecular formula is C36H36. The predicted molar refractivity (Wildman–Crippen MR) is 158 cm³/mol. The number of fused-ring (bicyclic) bond motifs is 3. The third-order valence-electron chi connectivity index (χ3n) is 7.28. The van der Waals surface area contributed by atoms with E-state index in [1.54, 1.807) is 0 Å². The zero-order valence-electron chi connectivity index (χ0n) is 21.5. The first kappa shape index (κ1) is 24.1. The quantitative estimate of drug-likeness (QED) is 0.115. The van der Waals surface area contributed by atoms with E-state index in [0.717, 1.165) is 11.1 Å². The first-order valence-electron chi connectivity index (χ1n) is 13.8. The Morgan fingerprint density at radius 3 is 1.64 bits per heavy atom. The zero-order valence-corrected chi connectivity index (χ0v) is 21.5. The van der Waals surface area contributed by atoms with Crippen LogP contribution in [0.25, 0.3) is 32.3 Å². The minimum Gasteiger partial charge on any atom is -0.0654 e. The van der Waals surface area contributed by atoms with Crippen LogP contribution in [0.5, 0.6) is 0 Å². The maximum Gasteiger partial charge on any atom is 0.0255 e. The fraction of sp³-hybridized carbons (Fsp3) is 0.278. The van der Waals surface area contributed by atoms with Crippen LogP contribution in [0.2, 0.25) is 0 Å². The molecule has 0 nitrogen and oxygen atoms in total. The summed E-state index contributed by atoms with van der Waals surface area (Å²) in [5.41, 5.74) is 3.58. The molecule has 0 N–H and O–H groups in total. The topological polar surface area (TPSA) is 0 Å². The third kappa shape index (κ3) is 6.16. The molecule has 5 aromatic carbocycles. The molecule has 0 heteroatoms. The third-order valence-corrected chi connectivity index (χ3v) is 7.28. The highest BCUT2D eigenvalue weighted by atomic mass is 14.1. The number of aryl methyl sites for hydroxylation is 1. The largest absolute Gasteiger partial charge is 0.0654 e. The molecule has 0 amide bonds. The Morgan fingerprint density at radius 1 is 0.444 bits per heavy atom. The average Bonchev–Trinajstić information content (AvgIpc) is 2.92. The number of hydrogen-bond acceptors (Lipinski definition) is 0. The summed E-state index contributed by atoms with van der Waals surface area (Å²) in [7, 11) is 0. The van der Waals surface area contributed by atoms with Crippen molar-refractivity contribution in [3.05, 3.63) is 108 Å². The zero-order chi connectivity index (χ0) is 24.6. The van der Waals surface area contributed by atoms with Gasteiger partial charge in [0.05, 0.1) is 0 Å². The summed E-state index contributed by atoms with van der Waals surface area (Å²) in [5.74, 6) is 6.77. The van der Waals surface area contributed by atoms with Gasteiger partial charge in [-0.15, -0.1) is 0 Å². The first-order chi connectivity index (χ1) is 17.8. The highest BCUT2D eigenvalue weighted by molar-refractivity contribution is 5.98. The summed E-state index contributed by atoms with van der Waals surface area (Å²) >= 11 is 0. The summed E-state index contributed by atoms with van der Waals surface area (Å²) in [5, 5.41) is 7.63. The molecule has 36 heavy (non-hydrogen) atoms. The molecule has 0 unspecified atom stereocenters. The lowest BCUT2D eigenvalue weighted by atomic mass is 10.00. The molecule has 0 aliphatic carbocycles. The second-order valence-electron chi connectivity index (χ2n) is 10.1. The van der Waals surface area contributed by atoms with Crippen molar-refractivity contribution in [2.75, 3.05) is 0 Å². The van der Waals surface area contributed by atoms with Gasteiger partial charge in [-0.3, -0.25) is 0 Å². The minimum absolute atomic E-state index is 1.05. The summed E-state index contributed by atoms with van der Waals surface area (Å²) in [6.45, 7) is 2.28. The minimum atomic E-state index is 1.05. The van der Waals surface area contributed by atoms with Gasteiger partial charge in [0.25, 0.3) is 0 Å². The Balaban J connectivity index is 1.22. The van der Waals surface area contributed by atoms with Crippen molar-refractivity contribution < 1.29 is 0 Å². The molecule has 0 saturated heterocycles. The molecule has 0 radical (unpaired) electrons. The molecular weight excluding hydrogens is 432 g/mol. The van der Waals surface area contributed by atoms with Gasteiger partial charge in [-0.25, -0.2) is 0 Å². The van der Waals surface area contributed by atoms with Crippen molar-refractivity contribution in [1.82, 2.24) is 0 Å². The molecule has 0 aromatic heterocycles. The molecule has 0 atom stereocenters. The molecule has 180 valence electrons. The van der Waals surface area contributed by atoms with E-state index in [9.17, 15) is 0 Å². The molecule has 0 spiro atoms. The molecule has 0 saturated carbocycles. The SMILES string of the molecule is CCCCCCCCCCc1ccc2cc(C#Cc3ccc4cc5ccccc5cc4c3)ccc2c1. The lowest BCUT2D eigenvalue weighted by molar-refractivity contribution is 0.575. The van der Waals surface area contributed by atoms with Crippen molar-refractivity contribution in [1.29, 1.82) is 0 Å². The summed E-state index contributed by atoms with van der Waals surface area (Å²) in [4.78, 5) is 0. The van der Waals surface area contributed by atoms with Crippen LogP contribution in [0.3, 0.4) is 0 Å². The van der Waals surface area contributed by atoms with Crippen LogP contribution in [0.15, 0.2) is 91.0 Å². The van der Waals surface area contributed by atoms with Crippen LogP contribution < -0.4 is 0 Å². The maximum atomic E-state index is 3.39. The van der Waals surface area contributed by atoms with Gasteiger partial charge in [-0.05, 0) is 87.1 Å². The van der Waals surface area contributed by atoms with E-state index >= 15 is 0 Å². The van der Waals surface area contributed by atoms with Crippen molar-refractivity contribution in [2.45, 2.75) is 64.7 Å². The molecule has 0 bridgehead atoms. The molecule has 0 aliphatic rings. The van der Waals surface area contributed by atoms with E-state index in [2.05, 4.69) is 110 Å². The van der Waals surface area contributed by atoms with Gasteiger partial charge < -0.3 is 0 Å². The van der Waals surface area contributed by atoms with Crippen LogP contribution in [0.1, 0.15) is 75.0 Å². The highest BCUT2D eigenvalue weighted by Crippen LogP contribution is 2.24. The lowest BCUT2D eigenvalue weighted by Gasteiger charge is -2.05. The van der Waals surface area contributed by atoms with E-state index in [4.69, 9.17) is 0 Å². The van der Waals surface area contributed by atoms with Crippen LogP contribution >= 0.6 is 0 Å². The number of benzene rings is 5. The number of hydrogen-bond donors (Lipinski definition) is 0. The predicted octanol–water partition coefficient (Wildman–Crippen LogP) is 10.2. The Bertz CT molecular complexity index is 1530. The van der Waals surface area contributed by atoms with Crippen LogP contribution in [0, 0.1) is 11.8 Å².